The van der Waals surface area contributed by atoms with E-state index in [-0.39, 0.29) is 50.0 Å². The van der Waals surface area contributed by atoms with Crippen LogP contribution in [0.4, 0.5) is 15.3 Å². The summed E-state index contributed by atoms with van der Waals surface area (Å²) in [5.74, 6) is -1.17. The third-order valence-electron chi connectivity index (χ3n) is 5.76. The monoisotopic (exact) mass is 576 g/mol. The molecule has 0 bridgehead atoms. The second-order valence-corrected chi connectivity index (χ2v) is 11.4. The molecule has 0 aliphatic carbocycles. The Morgan fingerprint density at radius 2 is 1.51 bits per heavy atom. The van der Waals surface area contributed by atoms with Crippen molar-refractivity contribution in [1.82, 2.24) is 16.0 Å². The molecule has 4 amide bonds. The molecule has 41 heavy (non-hydrogen) atoms. The average Bonchev–Trinajstić information content (AvgIpc) is 2.88. The van der Waals surface area contributed by atoms with Gasteiger partial charge in [0.1, 0.15) is 11.6 Å². The van der Waals surface area contributed by atoms with E-state index in [9.17, 15) is 24.0 Å². The van der Waals surface area contributed by atoms with Crippen molar-refractivity contribution in [2.24, 2.45) is 5.92 Å². The second kappa shape index (κ2) is 17.9. The molecule has 0 fully saturated rings. The van der Waals surface area contributed by atoms with Gasteiger partial charge in [0.2, 0.25) is 0 Å². The molecular formula is C30H48N4O7. The van der Waals surface area contributed by atoms with Gasteiger partial charge in [0, 0.05) is 25.1 Å². The van der Waals surface area contributed by atoms with E-state index in [2.05, 4.69) is 21.3 Å². The number of rotatable bonds is 16. The van der Waals surface area contributed by atoms with E-state index >= 15 is 0 Å². The van der Waals surface area contributed by atoms with E-state index in [1.165, 1.54) is 0 Å². The van der Waals surface area contributed by atoms with Crippen LogP contribution in [0, 0.1) is 12.8 Å². The Hall–Kier alpha value is -3.63. The minimum Gasteiger partial charge on any atom is -0.464 e. The van der Waals surface area contributed by atoms with Crippen LogP contribution < -0.4 is 21.3 Å². The second-order valence-electron chi connectivity index (χ2n) is 11.4. The fourth-order valence-electron chi connectivity index (χ4n) is 3.66. The number of aryl methyl sites for hydroxylation is 1. The molecule has 230 valence electrons. The summed E-state index contributed by atoms with van der Waals surface area (Å²) in [4.78, 5) is 62.2. The Labute approximate surface area is 243 Å². The molecule has 0 saturated heterocycles. The van der Waals surface area contributed by atoms with Crippen LogP contribution in [0.25, 0.3) is 0 Å². The summed E-state index contributed by atoms with van der Waals surface area (Å²) in [6.07, 6.45) is 1.56. The Balaban J connectivity index is 2.65. The number of amides is 4. The number of ether oxygens (including phenoxy) is 2. The summed E-state index contributed by atoms with van der Waals surface area (Å²) >= 11 is 0. The van der Waals surface area contributed by atoms with E-state index < -0.39 is 35.7 Å². The highest BCUT2D eigenvalue weighted by molar-refractivity contribution is 5.90. The zero-order valence-electron chi connectivity index (χ0n) is 25.6. The van der Waals surface area contributed by atoms with Gasteiger partial charge in [0.05, 0.1) is 12.6 Å². The van der Waals surface area contributed by atoms with Crippen molar-refractivity contribution in [3.05, 3.63) is 29.8 Å². The number of ketones is 1. The number of carbonyl (C=O) groups excluding carboxylic acids is 5. The fourth-order valence-corrected chi connectivity index (χ4v) is 3.66. The predicted molar refractivity (Wildman–Crippen MR) is 157 cm³/mol. The highest BCUT2D eigenvalue weighted by Crippen LogP contribution is 2.12. The maximum atomic E-state index is 12.8. The summed E-state index contributed by atoms with van der Waals surface area (Å²) in [5, 5.41) is 10.7. The normalized spacial score (nSPS) is 12.6. The standard InChI is InChI=1S/C30H48N4O7/c1-8-25(35)23(16-17-26(36)41-30(5,6)7)33-29(39)34-24(27(37)40-19-20(2)3)11-9-10-18-31-28(38)32-22-14-12-21(4)13-15-22/h12-15,20,23-24H,8-11,16-19H2,1-7H3,(H2,31,32,38)(H2,33,34,39). The molecule has 0 aromatic heterocycles. The number of esters is 2. The van der Waals surface area contributed by atoms with Gasteiger partial charge >= 0.3 is 24.0 Å². The van der Waals surface area contributed by atoms with Crippen LogP contribution in [0.3, 0.4) is 0 Å². The first kappa shape index (κ1) is 35.4. The Bertz CT molecular complexity index is 1000. The molecule has 11 heteroatoms. The van der Waals surface area contributed by atoms with Gasteiger partial charge in [-0.05, 0) is 71.4 Å². The molecule has 2 unspecified atom stereocenters. The van der Waals surface area contributed by atoms with Crippen LogP contribution in [0.1, 0.15) is 85.6 Å². The number of nitrogens with one attached hydrogen (secondary N) is 4. The van der Waals surface area contributed by atoms with E-state index in [0.717, 1.165) is 5.56 Å². The highest BCUT2D eigenvalue weighted by atomic mass is 16.6. The predicted octanol–water partition coefficient (Wildman–Crippen LogP) is 4.62. The van der Waals surface area contributed by atoms with Gasteiger partial charge in [-0.15, -0.1) is 0 Å². The van der Waals surface area contributed by atoms with Gasteiger partial charge in [-0.2, -0.15) is 0 Å². The van der Waals surface area contributed by atoms with E-state index in [1.807, 2.05) is 45.0 Å². The number of carbonyl (C=O) groups is 5. The van der Waals surface area contributed by atoms with Gasteiger partial charge in [-0.1, -0.05) is 38.5 Å². The maximum absolute atomic E-state index is 12.8. The Morgan fingerprint density at radius 3 is 2.10 bits per heavy atom. The van der Waals surface area contributed by atoms with Gasteiger partial charge in [-0.25, -0.2) is 14.4 Å². The third-order valence-corrected chi connectivity index (χ3v) is 5.76. The minimum absolute atomic E-state index is 0.0433. The molecular weight excluding hydrogens is 528 g/mol. The van der Waals surface area contributed by atoms with E-state index in [4.69, 9.17) is 9.47 Å². The van der Waals surface area contributed by atoms with E-state index in [0.29, 0.717) is 25.1 Å². The van der Waals surface area contributed by atoms with Crippen molar-refractivity contribution in [2.45, 2.75) is 105 Å². The lowest BCUT2D eigenvalue weighted by Crippen LogP contribution is -2.51. The number of hydrogen-bond donors (Lipinski definition) is 4. The minimum atomic E-state index is -0.946. The van der Waals surface area contributed by atoms with Crippen LogP contribution in [0.5, 0.6) is 0 Å². The molecule has 0 saturated carbocycles. The average molecular weight is 577 g/mol. The first-order valence-electron chi connectivity index (χ1n) is 14.3. The lowest BCUT2D eigenvalue weighted by molar-refractivity contribution is -0.155. The number of anilines is 1. The van der Waals surface area contributed by atoms with Crippen LogP contribution in [0.2, 0.25) is 0 Å². The van der Waals surface area contributed by atoms with Crippen LogP contribution in [-0.2, 0) is 23.9 Å². The Morgan fingerprint density at radius 1 is 0.878 bits per heavy atom. The molecule has 0 aliphatic rings. The molecule has 0 aliphatic heterocycles. The summed E-state index contributed by atoms with van der Waals surface area (Å²) in [5.41, 5.74) is 1.12. The van der Waals surface area contributed by atoms with Crippen LogP contribution >= 0.6 is 0 Å². The molecule has 0 radical (unpaired) electrons. The van der Waals surface area contributed by atoms with Gasteiger partial charge in [0.25, 0.3) is 0 Å². The fraction of sp³-hybridized carbons (Fsp3) is 0.633. The topological polar surface area (TPSA) is 152 Å². The molecule has 1 aromatic carbocycles. The largest absolute Gasteiger partial charge is 0.464 e. The van der Waals surface area contributed by atoms with Gasteiger partial charge in [-0.3, -0.25) is 9.59 Å². The first-order valence-corrected chi connectivity index (χ1v) is 14.3. The Kier molecular flexibility index (Phi) is 15.5. The zero-order valence-corrected chi connectivity index (χ0v) is 25.6. The lowest BCUT2D eigenvalue weighted by Gasteiger charge is -2.23. The van der Waals surface area contributed by atoms with Gasteiger partial charge in [0.15, 0.2) is 5.78 Å². The summed E-state index contributed by atoms with van der Waals surface area (Å²) in [6, 6.07) is 4.54. The van der Waals surface area contributed by atoms with Crippen molar-refractivity contribution in [3.8, 4) is 0 Å². The van der Waals surface area contributed by atoms with Crippen molar-refractivity contribution in [3.63, 3.8) is 0 Å². The maximum Gasteiger partial charge on any atom is 0.328 e. The van der Waals surface area contributed by atoms with E-state index in [1.54, 1.807) is 27.7 Å². The summed E-state index contributed by atoms with van der Waals surface area (Å²) in [7, 11) is 0. The van der Waals surface area contributed by atoms with Crippen LogP contribution in [0.15, 0.2) is 24.3 Å². The molecule has 1 rings (SSSR count). The number of urea groups is 2. The van der Waals surface area contributed by atoms with Crippen molar-refractivity contribution in [2.75, 3.05) is 18.5 Å². The SMILES string of the molecule is CCC(=O)C(CCC(=O)OC(C)(C)C)NC(=O)NC(CCCCNC(=O)Nc1ccc(C)cc1)C(=O)OCC(C)C. The lowest BCUT2D eigenvalue weighted by atomic mass is 10.0. The highest BCUT2D eigenvalue weighted by Gasteiger charge is 2.26. The first-order chi connectivity index (χ1) is 19.2. The van der Waals surface area contributed by atoms with Crippen molar-refractivity contribution >= 4 is 35.5 Å². The van der Waals surface area contributed by atoms with Crippen LogP contribution in [-0.4, -0.2) is 60.6 Å². The van der Waals surface area contributed by atoms with Crippen molar-refractivity contribution in [1.29, 1.82) is 0 Å². The zero-order chi connectivity index (χ0) is 31.0. The smallest absolute Gasteiger partial charge is 0.328 e. The molecule has 0 spiro atoms. The summed E-state index contributed by atoms with van der Waals surface area (Å²) < 4.78 is 10.6. The molecule has 4 N–H and O–H groups in total. The third kappa shape index (κ3) is 16.3. The molecule has 2 atom stereocenters. The number of unbranched alkanes of at least 4 members (excludes halogenated alkanes) is 1. The quantitative estimate of drug-likeness (QED) is 0.165. The summed E-state index contributed by atoms with van der Waals surface area (Å²) in [6.45, 7) is 13.3. The van der Waals surface area contributed by atoms with Gasteiger partial charge < -0.3 is 30.7 Å². The number of benzene rings is 1. The number of hydrogen-bond acceptors (Lipinski definition) is 7. The number of Topliss-reactive ketones (excluding diaryl/α,β-unsaturated/α-hetero) is 1. The molecule has 1 aromatic rings. The molecule has 11 nitrogen and oxygen atoms in total. The van der Waals surface area contributed by atoms with Crippen molar-refractivity contribution < 1.29 is 33.4 Å². The molecule has 0 heterocycles.